The molecular weight excluding hydrogens is 314 g/mol. The number of aryl methyl sites for hydroxylation is 1. The summed E-state index contributed by atoms with van der Waals surface area (Å²) in [4.78, 5) is 2.39. The van der Waals surface area contributed by atoms with E-state index in [-0.39, 0.29) is 0 Å². The molecule has 0 spiro atoms. The molecule has 0 heterocycles. The van der Waals surface area contributed by atoms with Crippen molar-refractivity contribution in [1.29, 1.82) is 5.26 Å². The quantitative estimate of drug-likeness (QED) is 0.921. The van der Waals surface area contributed by atoms with E-state index < -0.39 is 5.54 Å². The lowest BCUT2D eigenvalue weighted by molar-refractivity contribution is 0.161. The molecule has 0 saturated heterocycles. The summed E-state index contributed by atoms with van der Waals surface area (Å²) in [6.45, 7) is 3.09. The zero-order valence-corrected chi connectivity index (χ0v) is 13.8. The Hall–Kier alpha value is -0.890. The Morgan fingerprint density at radius 2 is 2.10 bits per heavy atom. The lowest BCUT2D eigenvalue weighted by Crippen LogP contribution is -2.46. The van der Waals surface area contributed by atoms with Crippen LogP contribution in [0.15, 0.2) is 22.7 Å². The lowest BCUT2D eigenvalue weighted by atomic mass is 9.80. The molecule has 108 valence electrons. The van der Waals surface area contributed by atoms with Crippen LogP contribution in [-0.2, 0) is 6.54 Å². The fourth-order valence-electron chi connectivity index (χ4n) is 2.88. The van der Waals surface area contributed by atoms with Crippen molar-refractivity contribution in [3.8, 4) is 6.07 Å². The van der Waals surface area contributed by atoms with E-state index in [1.54, 1.807) is 0 Å². The highest BCUT2D eigenvalue weighted by Gasteiger charge is 2.33. The number of nitrogens with zero attached hydrogens (tertiary/aromatic N) is 2. The Balaban J connectivity index is 1.98. The largest absolute Gasteiger partial charge is 0.313 e. The first-order valence-corrected chi connectivity index (χ1v) is 7.88. The van der Waals surface area contributed by atoms with Crippen molar-refractivity contribution in [2.75, 3.05) is 7.05 Å². The van der Waals surface area contributed by atoms with Gasteiger partial charge in [0.15, 0.2) is 0 Å². The van der Waals surface area contributed by atoms with E-state index in [2.05, 4.69) is 59.1 Å². The fourth-order valence-corrected chi connectivity index (χ4v) is 3.29. The summed E-state index contributed by atoms with van der Waals surface area (Å²) in [5, 5.41) is 9.08. The fraction of sp³-hybridized carbons (Fsp3) is 0.562. The third kappa shape index (κ3) is 3.60. The van der Waals surface area contributed by atoms with Crippen LogP contribution in [0.4, 0.5) is 0 Å². The van der Waals surface area contributed by atoms with Crippen LogP contribution in [-0.4, -0.2) is 23.5 Å². The van der Waals surface area contributed by atoms with Crippen molar-refractivity contribution >= 4 is 15.9 Å². The number of hydrogen-bond acceptors (Lipinski definition) is 3. The number of rotatable bonds is 3. The molecule has 3 nitrogen and oxygen atoms in total. The van der Waals surface area contributed by atoms with Crippen LogP contribution in [0.5, 0.6) is 0 Å². The molecule has 1 aliphatic rings. The molecule has 1 aromatic rings. The van der Waals surface area contributed by atoms with E-state index >= 15 is 0 Å². The van der Waals surface area contributed by atoms with Crippen LogP contribution in [0.25, 0.3) is 0 Å². The Kier molecular flexibility index (Phi) is 4.85. The normalized spacial score (nSPS) is 26.5. The van der Waals surface area contributed by atoms with Gasteiger partial charge in [-0.05, 0) is 62.9 Å². The van der Waals surface area contributed by atoms with Gasteiger partial charge in [-0.3, -0.25) is 4.90 Å². The number of hydrogen-bond donors (Lipinski definition) is 1. The lowest BCUT2D eigenvalue weighted by Gasteiger charge is -2.37. The Morgan fingerprint density at radius 1 is 1.45 bits per heavy atom. The van der Waals surface area contributed by atoms with Crippen molar-refractivity contribution in [2.24, 2.45) is 5.73 Å². The van der Waals surface area contributed by atoms with Gasteiger partial charge in [0.1, 0.15) is 5.54 Å². The first-order valence-electron chi connectivity index (χ1n) is 7.09. The van der Waals surface area contributed by atoms with Gasteiger partial charge in [0.2, 0.25) is 0 Å². The molecule has 0 aliphatic heterocycles. The van der Waals surface area contributed by atoms with Crippen LogP contribution < -0.4 is 5.73 Å². The van der Waals surface area contributed by atoms with Gasteiger partial charge >= 0.3 is 0 Å². The summed E-state index contributed by atoms with van der Waals surface area (Å²) in [7, 11) is 2.17. The van der Waals surface area contributed by atoms with Gasteiger partial charge in [-0.15, -0.1) is 0 Å². The van der Waals surface area contributed by atoms with Gasteiger partial charge < -0.3 is 5.73 Å². The molecule has 2 rings (SSSR count). The molecule has 0 atom stereocenters. The average molecular weight is 336 g/mol. The van der Waals surface area contributed by atoms with Crippen molar-refractivity contribution in [1.82, 2.24) is 4.90 Å². The van der Waals surface area contributed by atoms with Crippen LogP contribution in [0.3, 0.4) is 0 Å². The Bertz CT molecular complexity index is 513. The van der Waals surface area contributed by atoms with E-state index in [4.69, 9.17) is 11.0 Å². The van der Waals surface area contributed by atoms with E-state index in [0.29, 0.717) is 6.04 Å². The van der Waals surface area contributed by atoms with Crippen LogP contribution in [0.2, 0.25) is 0 Å². The highest BCUT2D eigenvalue weighted by molar-refractivity contribution is 9.10. The SMILES string of the molecule is Cc1ccc(Br)cc1CN(C)C1CCC(N)(C#N)CC1. The average Bonchev–Trinajstić information content (AvgIpc) is 2.43. The maximum atomic E-state index is 9.08. The molecule has 0 unspecified atom stereocenters. The summed E-state index contributed by atoms with van der Waals surface area (Å²) < 4.78 is 1.13. The van der Waals surface area contributed by atoms with Gasteiger partial charge in [-0.2, -0.15) is 5.26 Å². The minimum absolute atomic E-state index is 0.526. The van der Waals surface area contributed by atoms with Crippen molar-refractivity contribution < 1.29 is 0 Å². The van der Waals surface area contributed by atoms with Crippen molar-refractivity contribution in [2.45, 2.75) is 50.7 Å². The van der Waals surface area contributed by atoms with E-state index in [1.807, 2.05) is 0 Å². The Morgan fingerprint density at radius 3 is 2.70 bits per heavy atom. The standard InChI is InChI=1S/C16H22BrN3/c1-12-3-4-14(17)9-13(12)10-20(2)15-5-7-16(19,11-18)8-6-15/h3-4,9,15H,5-8,10,19H2,1-2H3. The molecule has 1 saturated carbocycles. The zero-order valence-electron chi connectivity index (χ0n) is 12.2. The summed E-state index contributed by atoms with van der Waals surface area (Å²) in [6, 6.07) is 9.20. The highest BCUT2D eigenvalue weighted by atomic mass is 79.9. The first-order chi connectivity index (χ1) is 9.43. The summed E-state index contributed by atoms with van der Waals surface area (Å²) in [5.41, 5.74) is 8.11. The molecule has 1 fully saturated rings. The van der Waals surface area contributed by atoms with Gasteiger partial charge in [0.25, 0.3) is 0 Å². The molecule has 1 aliphatic carbocycles. The molecule has 0 radical (unpaired) electrons. The number of halogens is 1. The molecule has 0 amide bonds. The smallest absolute Gasteiger partial charge is 0.104 e. The monoisotopic (exact) mass is 335 g/mol. The molecule has 2 N–H and O–H groups in total. The van der Waals surface area contributed by atoms with Crippen molar-refractivity contribution in [3.05, 3.63) is 33.8 Å². The number of nitrogens with two attached hydrogens (primary N) is 1. The predicted molar refractivity (Wildman–Crippen MR) is 85.1 cm³/mol. The Labute approximate surface area is 129 Å². The third-order valence-electron chi connectivity index (χ3n) is 4.42. The molecular formula is C16H22BrN3. The summed E-state index contributed by atoms with van der Waals surface area (Å²) in [6.07, 6.45) is 3.62. The van der Waals surface area contributed by atoms with Gasteiger partial charge in [-0.1, -0.05) is 22.0 Å². The van der Waals surface area contributed by atoms with E-state index in [1.165, 1.54) is 11.1 Å². The third-order valence-corrected chi connectivity index (χ3v) is 4.92. The second-order valence-corrected chi connectivity index (χ2v) is 6.90. The minimum Gasteiger partial charge on any atom is -0.313 e. The number of nitriles is 1. The molecule has 20 heavy (non-hydrogen) atoms. The second kappa shape index (κ2) is 6.26. The van der Waals surface area contributed by atoms with E-state index in [0.717, 1.165) is 36.7 Å². The van der Waals surface area contributed by atoms with Crippen LogP contribution >= 0.6 is 15.9 Å². The second-order valence-electron chi connectivity index (χ2n) is 5.99. The first kappa shape index (κ1) is 15.5. The van der Waals surface area contributed by atoms with Crippen LogP contribution in [0.1, 0.15) is 36.8 Å². The zero-order chi connectivity index (χ0) is 14.8. The summed E-state index contributed by atoms with van der Waals surface area (Å²) in [5.74, 6) is 0. The summed E-state index contributed by atoms with van der Waals surface area (Å²) >= 11 is 3.54. The highest BCUT2D eigenvalue weighted by Crippen LogP contribution is 2.29. The minimum atomic E-state index is -0.594. The van der Waals surface area contributed by atoms with E-state index in [9.17, 15) is 0 Å². The van der Waals surface area contributed by atoms with Crippen molar-refractivity contribution in [3.63, 3.8) is 0 Å². The van der Waals surface area contributed by atoms with Gasteiger partial charge in [0.05, 0.1) is 6.07 Å². The number of benzene rings is 1. The maximum absolute atomic E-state index is 9.08. The predicted octanol–water partition coefficient (Wildman–Crippen LogP) is 3.35. The van der Waals surface area contributed by atoms with Gasteiger partial charge in [-0.25, -0.2) is 0 Å². The molecule has 1 aromatic carbocycles. The van der Waals surface area contributed by atoms with Crippen LogP contribution in [0, 0.1) is 18.3 Å². The molecule has 4 heteroatoms. The maximum Gasteiger partial charge on any atom is 0.104 e. The molecule has 0 bridgehead atoms. The topological polar surface area (TPSA) is 53.0 Å². The molecule has 0 aromatic heterocycles. The van der Waals surface area contributed by atoms with Gasteiger partial charge in [0, 0.05) is 17.1 Å².